The third-order valence-corrected chi connectivity index (χ3v) is 3.20. The molecule has 2 heteroatoms. The van der Waals surface area contributed by atoms with E-state index in [9.17, 15) is 0 Å². The average Bonchev–Trinajstić information content (AvgIpc) is 2.31. The molecule has 0 amide bonds. The van der Waals surface area contributed by atoms with Crippen LogP contribution in [-0.2, 0) is 6.42 Å². The highest BCUT2D eigenvalue weighted by atomic mass is 14.7. The fourth-order valence-electron chi connectivity index (χ4n) is 2.28. The molecule has 1 aromatic carbocycles. The molecular weight excluding hydrogens is 220 g/mol. The lowest BCUT2D eigenvalue weighted by molar-refractivity contribution is 0.701. The van der Waals surface area contributed by atoms with Crippen molar-refractivity contribution in [2.45, 2.75) is 33.2 Å². The minimum Gasteiger partial charge on any atom is -0.324 e. The normalized spacial score (nSPS) is 12.4. The molecule has 18 heavy (non-hydrogen) atoms. The molecule has 1 heterocycles. The Morgan fingerprint density at radius 2 is 1.78 bits per heavy atom. The standard InChI is InChI=1S/C16H20N2/c1-11-7-12(2)9-14(8-11)15(17)10-16-13(3)5-4-6-18-16/h4-9,15H,10,17H2,1-3H3. The summed E-state index contributed by atoms with van der Waals surface area (Å²) in [5.74, 6) is 0. The van der Waals surface area contributed by atoms with Gasteiger partial charge in [0, 0.05) is 24.4 Å². The summed E-state index contributed by atoms with van der Waals surface area (Å²) in [6.45, 7) is 6.29. The first-order valence-corrected chi connectivity index (χ1v) is 6.30. The molecule has 0 saturated heterocycles. The van der Waals surface area contributed by atoms with Crippen LogP contribution >= 0.6 is 0 Å². The first kappa shape index (κ1) is 12.8. The zero-order chi connectivity index (χ0) is 13.1. The van der Waals surface area contributed by atoms with Crippen molar-refractivity contribution in [1.29, 1.82) is 0 Å². The van der Waals surface area contributed by atoms with Crippen LogP contribution in [0, 0.1) is 20.8 Å². The Balaban J connectivity index is 2.22. The highest BCUT2D eigenvalue weighted by Gasteiger charge is 2.10. The van der Waals surface area contributed by atoms with E-state index in [1.165, 1.54) is 22.3 Å². The molecule has 0 spiro atoms. The van der Waals surface area contributed by atoms with Gasteiger partial charge in [0.05, 0.1) is 0 Å². The van der Waals surface area contributed by atoms with Gasteiger partial charge in [-0.2, -0.15) is 0 Å². The van der Waals surface area contributed by atoms with E-state index in [4.69, 9.17) is 5.73 Å². The summed E-state index contributed by atoms with van der Waals surface area (Å²) in [4.78, 5) is 4.41. The number of aromatic nitrogens is 1. The van der Waals surface area contributed by atoms with Crippen molar-refractivity contribution in [1.82, 2.24) is 4.98 Å². The van der Waals surface area contributed by atoms with E-state index in [0.717, 1.165) is 12.1 Å². The van der Waals surface area contributed by atoms with E-state index in [1.54, 1.807) is 0 Å². The second-order valence-corrected chi connectivity index (χ2v) is 5.00. The van der Waals surface area contributed by atoms with E-state index < -0.39 is 0 Å². The van der Waals surface area contributed by atoms with Crippen LogP contribution in [0.2, 0.25) is 0 Å². The number of aryl methyl sites for hydroxylation is 3. The molecule has 0 bridgehead atoms. The first-order valence-electron chi connectivity index (χ1n) is 6.30. The van der Waals surface area contributed by atoms with E-state index in [0.29, 0.717) is 0 Å². The van der Waals surface area contributed by atoms with Gasteiger partial charge in [-0.1, -0.05) is 35.4 Å². The van der Waals surface area contributed by atoms with E-state index >= 15 is 0 Å². The van der Waals surface area contributed by atoms with Crippen molar-refractivity contribution in [2.75, 3.05) is 0 Å². The van der Waals surface area contributed by atoms with Gasteiger partial charge in [-0.3, -0.25) is 4.98 Å². The van der Waals surface area contributed by atoms with Crippen LogP contribution in [-0.4, -0.2) is 4.98 Å². The lowest BCUT2D eigenvalue weighted by Gasteiger charge is -2.14. The molecule has 0 saturated carbocycles. The van der Waals surface area contributed by atoms with Crippen molar-refractivity contribution in [2.24, 2.45) is 5.73 Å². The molecule has 94 valence electrons. The summed E-state index contributed by atoms with van der Waals surface area (Å²) in [6, 6.07) is 10.5. The number of pyridine rings is 1. The van der Waals surface area contributed by atoms with Crippen LogP contribution in [0.4, 0.5) is 0 Å². The second kappa shape index (κ2) is 5.32. The summed E-state index contributed by atoms with van der Waals surface area (Å²) < 4.78 is 0. The second-order valence-electron chi connectivity index (χ2n) is 5.00. The lowest BCUT2D eigenvalue weighted by atomic mass is 9.97. The molecule has 0 aliphatic heterocycles. The van der Waals surface area contributed by atoms with Gasteiger partial charge >= 0.3 is 0 Å². The Morgan fingerprint density at radius 1 is 1.11 bits per heavy atom. The maximum Gasteiger partial charge on any atom is 0.0451 e. The minimum atomic E-state index is 0.0113. The maximum absolute atomic E-state index is 6.29. The Morgan fingerprint density at radius 3 is 2.39 bits per heavy atom. The molecule has 2 aromatic rings. The molecule has 1 unspecified atom stereocenters. The molecule has 0 radical (unpaired) electrons. The third-order valence-electron chi connectivity index (χ3n) is 3.20. The average molecular weight is 240 g/mol. The van der Waals surface area contributed by atoms with Crippen LogP contribution in [0.1, 0.15) is 34.0 Å². The number of benzene rings is 1. The van der Waals surface area contributed by atoms with Gasteiger partial charge in [0.1, 0.15) is 0 Å². The largest absolute Gasteiger partial charge is 0.324 e. The maximum atomic E-state index is 6.29. The van der Waals surface area contributed by atoms with Crippen molar-refractivity contribution < 1.29 is 0 Å². The number of rotatable bonds is 3. The van der Waals surface area contributed by atoms with Gasteiger partial charge < -0.3 is 5.73 Å². The number of nitrogens with two attached hydrogens (primary N) is 1. The predicted octanol–water partition coefficient (Wildman–Crippen LogP) is 3.25. The first-order chi connectivity index (χ1) is 8.56. The fraction of sp³-hybridized carbons (Fsp3) is 0.312. The van der Waals surface area contributed by atoms with Crippen molar-refractivity contribution in [3.63, 3.8) is 0 Å². The van der Waals surface area contributed by atoms with Crippen molar-refractivity contribution in [3.8, 4) is 0 Å². The van der Waals surface area contributed by atoms with Gasteiger partial charge in [-0.25, -0.2) is 0 Å². The zero-order valence-corrected chi connectivity index (χ0v) is 11.3. The summed E-state index contributed by atoms with van der Waals surface area (Å²) in [5, 5.41) is 0. The SMILES string of the molecule is Cc1cc(C)cc(C(N)Cc2ncccc2C)c1. The Labute approximate surface area is 109 Å². The van der Waals surface area contributed by atoms with Crippen LogP contribution < -0.4 is 5.73 Å². The van der Waals surface area contributed by atoms with E-state index in [2.05, 4.69) is 50.0 Å². The molecule has 1 atom stereocenters. The topological polar surface area (TPSA) is 38.9 Å². The zero-order valence-electron chi connectivity index (χ0n) is 11.3. The molecule has 0 aliphatic carbocycles. The Kier molecular flexibility index (Phi) is 3.78. The van der Waals surface area contributed by atoms with E-state index in [-0.39, 0.29) is 6.04 Å². The highest BCUT2D eigenvalue weighted by Crippen LogP contribution is 2.19. The van der Waals surface area contributed by atoms with Gasteiger partial charge in [0.15, 0.2) is 0 Å². The molecule has 0 aliphatic rings. The summed E-state index contributed by atoms with van der Waals surface area (Å²) in [6.07, 6.45) is 2.62. The number of nitrogens with zero attached hydrogens (tertiary/aromatic N) is 1. The van der Waals surface area contributed by atoms with E-state index in [1.807, 2.05) is 12.3 Å². The monoisotopic (exact) mass is 240 g/mol. The summed E-state index contributed by atoms with van der Waals surface area (Å²) in [5.41, 5.74) is 12.3. The fourth-order valence-corrected chi connectivity index (χ4v) is 2.28. The molecule has 0 fully saturated rings. The Bertz CT molecular complexity index is 526. The highest BCUT2D eigenvalue weighted by molar-refractivity contribution is 5.31. The van der Waals surface area contributed by atoms with Crippen molar-refractivity contribution in [3.05, 3.63) is 64.5 Å². The number of hydrogen-bond donors (Lipinski definition) is 1. The van der Waals surface area contributed by atoms with Gasteiger partial charge in [0.2, 0.25) is 0 Å². The molecular formula is C16H20N2. The molecule has 2 N–H and O–H groups in total. The molecule has 1 aromatic heterocycles. The Hall–Kier alpha value is -1.67. The van der Waals surface area contributed by atoms with Crippen LogP contribution in [0.5, 0.6) is 0 Å². The molecule has 2 nitrogen and oxygen atoms in total. The van der Waals surface area contributed by atoms with Gasteiger partial charge in [-0.15, -0.1) is 0 Å². The van der Waals surface area contributed by atoms with Crippen LogP contribution in [0.3, 0.4) is 0 Å². The minimum absolute atomic E-state index is 0.0113. The quantitative estimate of drug-likeness (QED) is 0.894. The van der Waals surface area contributed by atoms with Crippen LogP contribution in [0.15, 0.2) is 36.5 Å². The van der Waals surface area contributed by atoms with Crippen LogP contribution in [0.25, 0.3) is 0 Å². The van der Waals surface area contributed by atoms with Gasteiger partial charge in [0.25, 0.3) is 0 Å². The smallest absolute Gasteiger partial charge is 0.0451 e. The van der Waals surface area contributed by atoms with Crippen molar-refractivity contribution >= 4 is 0 Å². The lowest BCUT2D eigenvalue weighted by Crippen LogP contribution is -2.15. The summed E-state index contributed by atoms with van der Waals surface area (Å²) >= 11 is 0. The predicted molar refractivity (Wildman–Crippen MR) is 75.5 cm³/mol. The van der Waals surface area contributed by atoms with Gasteiger partial charge in [-0.05, 0) is 38.0 Å². The molecule has 2 rings (SSSR count). The number of hydrogen-bond acceptors (Lipinski definition) is 2. The summed E-state index contributed by atoms with van der Waals surface area (Å²) in [7, 11) is 0. The third kappa shape index (κ3) is 2.96.